The Morgan fingerprint density at radius 3 is 1.06 bits per heavy atom. The Balaban J connectivity index is 4.91. The Hall–Kier alpha value is 0.0400. The van der Waals surface area contributed by atoms with Crippen LogP contribution in [0, 0.1) is 0 Å². The van der Waals surface area contributed by atoms with Gasteiger partial charge < -0.3 is 18.1 Å². The molecule has 0 fully saturated rings. The molecule has 18 heavy (non-hydrogen) atoms. The molecule has 0 aliphatic heterocycles. The zero-order valence-corrected chi connectivity index (χ0v) is 13.1. The molecule has 108 valence electrons. The smallest absolute Gasteiger partial charge is 0.306 e. The Morgan fingerprint density at radius 2 is 0.889 bits per heavy atom. The first-order chi connectivity index (χ1) is 8.45. The molecule has 0 saturated carbocycles. The molecule has 0 N–H and O–H groups in total. The highest BCUT2D eigenvalue weighted by atomic mass is 31.2. The molecule has 0 atom stereocenters. The van der Waals surface area contributed by atoms with Gasteiger partial charge in [0.25, 0.3) is 0 Å². The minimum Gasteiger partial charge on any atom is -0.306 e. The molecule has 0 unspecified atom stereocenters. The van der Waals surface area contributed by atoms with Gasteiger partial charge in [-0.25, -0.2) is 0 Å². The molecule has 0 saturated heterocycles. The van der Waals surface area contributed by atoms with Gasteiger partial charge in [-0.15, -0.1) is 0 Å². The van der Waals surface area contributed by atoms with E-state index in [9.17, 15) is 9.13 Å². The lowest BCUT2D eigenvalue weighted by atomic mass is 10.9. The third kappa shape index (κ3) is 6.83. The maximum atomic E-state index is 12.1. The Kier molecular flexibility index (Phi) is 9.05. The van der Waals surface area contributed by atoms with Crippen molar-refractivity contribution in [2.75, 3.05) is 26.4 Å². The van der Waals surface area contributed by atoms with Gasteiger partial charge in [-0.05, 0) is 27.7 Å². The zero-order chi connectivity index (χ0) is 14.1. The van der Waals surface area contributed by atoms with Gasteiger partial charge in [0, 0.05) is 11.6 Å². The van der Waals surface area contributed by atoms with E-state index in [0.717, 1.165) is 11.6 Å². The van der Waals surface area contributed by atoms with Crippen molar-refractivity contribution in [3.8, 4) is 0 Å². The predicted molar refractivity (Wildman–Crippen MR) is 70.9 cm³/mol. The molecule has 0 aromatic heterocycles. The molecule has 0 bridgehead atoms. The van der Waals surface area contributed by atoms with E-state index in [-0.39, 0.29) is 26.4 Å². The number of hydrogen-bond donors (Lipinski definition) is 0. The van der Waals surface area contributed by atoms with Crippen LogP contribution in [-0.2, 0) is 27.2 Å². The van der Waals surface area contributed by atoms with Crippen molar-refractivity contribution in [3.05, 3.63) is 11.6 Å². The van der Waals surface area contributed by atoms with Crippen molar-refractivity contribution in [1.29, 1.82) is 0 Å². The maximum Gasteiger partial charge on any atom is 0.354 e. The lowest BCUT2D eigenvalue weighted by Gasteiger charge is -2.15. The molecule has 0 aromatic rings. The van der Waals surface area contributed by atoms with Gasteiger partial charge in [0.1, 0.15) is 0 Å². The molecule has 0 radical (unpaired) electrons. The normalized spacial score (nSPS) is 13.3. The summed E-state index contributed by atoms with van der Waals surface area (Å²) >= 11 is 0. The molecule has 0 rings (SSSR count). The molecule has 6 nitrogen and oxygen atoms in total. The van der Waals surface area contributed by atoms with Gasteiger partial charge in [0.15, 0.2) is 0 Å². The summed E-state index contributed by atoms with van der Waals surface area (Å²) < 4.78 is 44.4. The number of hydrogen-bond acceptors (Lipinski definition) is 6. The van der Waals surface area contributed by atoms with E-state index in [1.165, 1.54) is 0 Å². The monoisotopic (exact) mass is 300 g/mol. The summed E-state index contributed by atoms with van der Waals surface area (Å²) in [5, 5.41) is 0. The Labute approximate surface area is 109 Å². The van der Waals surface area contributed by atoms with Gasteiger partial charge in [-0.3, -0.25) is 9.13 Å². The van der Waals surface area contributed by atoms with Gasteiger partial charge in [-0.1, -0.05) is 0 Å². The topological polar surface area (TPSA) is 71.1 Å². The molecule has 8 heteroatoms. The second kappa shape index (κ2) is 9.03. The van der Waals surface area contributed by atoms with Crippen LogP contribution in [0.5, 0.6) is 0 Å². The second-order valence-corrected chi connectivity index (χ2v) is 6.84. The maximum absolute atomic E-state index is 12.1. The van der Waals surface area contributed by atoms with E-state index in [4.69, 9.17) is 18.1 Å². The largest absolute Gasteiger partial charge is 0.354 e. The van der Waals surface area contributed by atoms with E-state index < -0.39 is 15.2 Å². The van der Waals surface area contributed by atoms with Crippen molar-refractivity contribution < 1.29 is 27.2 Å². The fourth-order valence-corrected chi connectivity index (χ4v) is 4.37. The first-order valence-electron chi connectivity index (χ1n) is 5.93. The quantitative estimate of drug-likeness (QED) is 0.568. The fourth-order valence-electron chi connectivity index (χ4n) is 1.13. The van der Waals surface area contributed by atoms with E-state index in [2.05, 4.69) is 0 Å². The van der Waals surface area contributed by atoms with Gasteiger partial charge >= 0.3 is 15.2 Å². The summed E-state index contributed by atoms with van der Waals surface area (Å²) in [5.74, 6) is 2.29. The molecular weight excluding hydrogens is 278 g/mol. The fraction of sp³-hybridized carbons (Fsp3) is 0.800. The van der Waals surface area contributed by atoms with Crippen LogP contribution >= 0.6 is 15.2 Å². The molecule has 0 amide bonds. The van der Waals surface area contributed by atoms with Gasteiger partial charge in [0.05, 0.1) is 26.4 Å². The van der Waals surface area contributed by atoms with Crippen molar-refractivity contribution in [2.24, 2.45) is 0 Å². The summed E-state index contributed by atoms with van der Waals surface area (Å²) in [5.41, 5.74) is 0. The second-order valence-electron chi connectivity index (χ2n) is 3.05. The van der Waals surface area contributed by atoms with Gasteiger partial charge in [0.2, 0.25) is 0 Å². The van der Waals surface area contributed by atoms with Crippen LogP contribution in [0.2, 0.25) is 0 Å². The summed E-state index contributed by atoms with van der Waals surface area (Å²) in [6, 6.07) is 0. The molecule has 0 spiro atoms. The van der Waals surface area contributed by atoms with E-state index in [1.807, 2.05) is 0 Å². The molecule has 0 aromatic carbocycles. The Morgan fingerprint density at radius 1 is 0.667 bits per heavy atom. The molecule has 0 aliphatic carbocycles. The van der Waals surface area contributed by atoms with Crippen LogP contribution in [0.1, 0.15) is 27.7 Å². The first kappa shape index (κ1) is 18.0. The van der Waals surface area contributed by atoms with Crippen LogP contribution in [0.15, 0.2) is 11.6 Å². The van der Waals surface area contributed by atoms with Crippen molar-refractivity contribution in [1.82, 2.24) is 0 Å². The minimum atomic E-state index is -3.38. The highest BCUT2D eigenvalue weighted by molar-refractivity contribution is 7.61. The average molecular weight is 300 g/mol. The van der Waals surface area contributed by atoms with E-state index in [1.54, 1.807) is 27.7 Å². The van der Waals surface area contributed by atoms with Gasteiger partial charge in [-0.2, -0.15) is 0 Å². The standard InChI is InChI=1S/C10H22O6P2/c1-5-13-17(11,14-6-2)9-10-18(12,15-7-3)16-8-4/h9-10H,5-8H2,1-4H3/b10-9+. The van der Waals surface area contributed by atoms with Crippen LogP contribution in [0.25, 0.3) is 0 Å². The van der Waals surface area contributed by atoms with Crippen LogP contribution in [0.3, 0.4) is 0 Å². The predicted octanol–water partition coefficient (Wildman–Crippen LogP) is 3.99. The zero-order valence-electron chi connectivity index (χ0n) is 11.3. The summed E-state index contributed by atoms with van der Waals surface area (Å²) in [6.07, 6.45) is 0. The van der Waals surface area contributed by atoms with Crippen LogP contribution in [-0.4, -0.2) is 26.4 Å². The molecular formula is C10H22O6P2. The van der Waals surface area contributed by atoms with Crippen molar-refractivity contribution in [3.63, 3.8) is 0 Å². The lowest BCUT2D eigenvalue weighted by Crippen LogP contribution is -1.95. The van der Waals surface area contributed by atoms with E-state index >= 15 is 0 Å². The van der Waals surface area contributed by atoms with E-state index in [0.29, 0.717) is 0 Å². The van der Waals surface area contributed by atoms with Crippen LogP contribution < -0.4 is 0 Å². The summed E-state index contributed by atoms with van der Waals surface area (Å²) in [7, 11) is -6.75. The third-order valence-corrected chi connectivity index (χ3v) is 5.40. The number of rotatable bonds is 10. The summed E-state index contributed by atoms with van der Waals surface area (Å²) in [6.45, 7) is 7.72. The van der Waals surface area contributed by atoms with Crippen molar-refractivity contribution in [2.45, 2.75) is 27.7 Å². The SMILES string of the molecule is CCOP(=O)(/C=C/P(=O)(OCC)OCC)OCC. The molecule has 0 heterocycles. The highest BCUT2D eigenvalue weighted by Crippen LogP contribution is 2.56. The molecule has 0 aliphatic rings. The minimum absolute atomic E-state index is 0.231. The first-order valence-corrected chi connectivity index (χ1v) is 9.15. The third-order valence-electron chi connectivity index (χ3n) is 1.67. The van der Waals surface area contributed by atoms with Crippen molar-refractivity contribution >= 4 is 15.2 Å². The summed E-state index contributed by atoms with van der Waals surface area (Å²) in [4.78, 5) is 0. The average Bonchev–Trinajstić information content (AvgIpc) is 2.28. The van der Waals surface area contributed by atoms with Crippen LogP contribution in [0.4, 0.5) is 0 Å². The Bertz CT molecular complexity index is 289. The highest BCUT2D eigenvalue weighted by Gasteiger charge is 2.25. The lowest BCUT2D eigenvalue weighted by molar-refractivity contribution is 0.224.